The average molecular weight is 279 g/mol. The van der Waals surface area contributed by atoms with Crippen LogP contribution in [0.3, 0.4) is 0 Å². The standard InChI is InChI=1S/C15H19F2N3/c1-4-20-9-14(11(3)19-20)10(2)18-8-12-7-13(16)5-6-15(12)17/h5-7,9-10,18H,4,8H2,1-3H3. The van der Waals surface area contributed by atoms with Gasteiger partial charge >= 0.3 is 0 Å². The maximum absolute atomic E-state index is 13.5. The van der Waals surface area contributed by atoms with Crippen molar-refractivity contribution in [2.75, 3.05) is 0 Å². The van der Waals surface area contributed by atoms with Crippen LogP contribution in [0.1, 0.15) is 36.7 Å². The molecule has 2 rings (SSSR count). The smallest absolute Gasteiger partial charge is 0.127 e. The number of hydrogen-bond donors (Lipinski definition) is 1. The molecule has 0 saturated carbocycles. The normalized spacial score (nSPS) is 12.7. The predicted octanol–water partition coefficient (Wildman–Crippen LogP) is 3.34. The maximum Gasteiger partial charge on any atom is 0.127 e. The summed E-state index contributed by atoms with van der Waals surface area (Å²) >= 11 is 0. The fraction of sp³-hybridized carbons (Fsp3) is 0.400. The number of hydrogen-bond acceptors (Lipinski definition) is 2. The van der Waals surface area contributed by atoms with Gasteiger partial charge in [0.05, 0.1) is 5.69 Å². The predicted molar refractivity (Wildman–Crippen MR) is 74.3 cm³/mol. The number of nitrogens with one attached hydrogen (secondary N) is 1. The first-order valence-electron chi connectivity index (χ1n) is 6.72. The minimum atomic E-state index is -0.425. The molecule has 1 atom stereocenters. The lowest BCUT2D eigenvalue weighted by molar-refractivity contribution is 0.534. The largest absolute Gasteiger partial charge is 0.306 e. The summed E-state index contributed by atoms with van der Waals surface area (Å²) in [5.74, 6) is -0.821. The molecule has 1 N–H and O–H groups in total. The Hall–Kier alpha value is -1.75. The zero-order chi connectivity index (χ0) is 14.7. The van der Waals surface area contributed by atoms with E-state index in [1.165, 1.54) is 6.07 Å². The van der Waals surface area contributed by atoms with Gasteiger partial charge in [0.15, 0.2) is 0 Å². The molecule has 1 aromatic carbocycles. The molecule has 0 aliphatic heterocycles. The van der Waals surface area contributed by atoms with Crippen molar-refractivity contribution >= 4 is 0 Å². The van der Waals surface area contributed by atoms with Crippen LogP contribution in [-0.2, 0) is 13.1 Å². The van der Waals surface area contributed by atoms with Crippen LogP contribution in [0.5, 0.6) is 0 Å². The van der Waals surface area contributed by atoms with Crippen molar-refractivity contribution in [2.45, 2.75) is 39.9 Å². The molecule has 0 aliphatic carbocycles. The second-order valence-electron chi connectivity index (χ2n) is 4.86. The van der Waals surface area contributed by atoms with Gasteiger partial charge in [-0.1, -0.05) is 0 Å². The first-order valence-corrected chi connectivity index (χ1v) is 6.72. The van der Waals surface area contributed by atoms with Crippen LogP contribution in [0.15, 0.2) is 24.4 Å². The molecule has 1 aromatic heterocycles. The highest BCUT2D eigenvalue weighted by Crippen LogP contribution is 2.17. The van der Waals surface area contributed by atoms with E-state index in [0.717, 1.165) is 29.9 Å². The van der Waals surface area contributed by atoms with E-state index in [9.17, 15) is 8.78 Å². The molecule has 0 spiro atoms. The lowest BCUT2D eigenvalue weighted by Crippen LogP contribution is -2.19. The summed E-state index contributed by atoms with van der Waals surface area (Å²) in [6.45, 7) is 7.05. The summed E-state index contributed by atoms with van der Waals surface area (Å²) in [6.07, 6.45) is 1.98. The molecular weight excluding hydrogens is 260 g/mol. The van der Waals surface area contributed by atoms with Crippen LogP contribution >= 0.6 is 0 Å². The minimum Gasteiger partial charge on any atom is -0.306 e. The first kappa shape index (κ1) is 14.7. The summed E-state index contributed by atoms with van der Waals surface area (Å²) < 4.78 is 28.5. The van der Waals surface area contributed by atoms with E-state index < -0.39 is 11.6 Å². The monoisotopic (exact) mass is 279 g/mol. The zero-order valence-corrected chi connectivity index (χ0v) is 12.0. The number of halogens is 2. The molecule has 3 nitrogen and oxygen atoms in total. The van der Waals surface area contributed by atoms with Crippen molar-refractivity contribution in [3.05, 3.63) is 52.9 Å². The van der Waals surface area contributed by atoms with Crippen LogP contribution in [0.25, 0.3) is 0 Å². The van der Waals surface area contributed by atoms with Gasteiger partial charge < -0.3 is 5.32 Å². The van der Waals surface area contributed by atoms with Crippen molar-refractivity contribution in [1.82, 2.24) is 15.1 Å². The van der Waals surface area contributed by atoms with E-state index in [2.05, 4.69) is 10.4 Å². The summed E-state index contributed by atoms with van der Waals surface area (Å²) in [6, 6.07) is 3.52. The highest BCUT2D eigenvalue weighted by Gasteiger charge is 2.13. The molecule has 0 radical (unpaired) electrons. The topological polar surface area (TPSA) is 29.9 Å². The van der Waals surface area contributed by atoms with Crippen molar-refractivity contribution < 1.29 is 8.78 Å². The summed E-state index contributed by atoms with van der Waals surface area (Å²) in [5, 5.41) is 7.58. The Kier molecular flexibility index (Phi) is 4.49. The van der Waals surface area contributed by atoms with Gasteiger partial charge in [0.2, 0.25) is 0 Å². The van der Waals surface area contributed by atoms with Gasteiger partial charge in [0.1, 0.15) is 11.6 Å². The molecule has 0 bridgehead atoms. The van der Waals surface area contributed by atoms with Gasteiger partial charge in [-0.25, -0.2) is 8.78 Å². The van der Waals surface area contributed by atoms with Crippen LogP contribution in [0.4, 0.5) is 8.78 Å². The fourth-order valence-corrected chi connectivity index (χ4v) is 2.17. The Labute approximate surface area is 117 Å². The molecule has 20 heavy (non-hydrogen) atoms. The molecule has 0 aliphatic rings. The molecule has 0 amide bonds. The van der Waals surface area contributed by atoms with Gasteiger partial charge in [0, 0.05) is 36.5 Å². The summed E-state index contributed by atoms with van der Waals surface area (Å²) in [4.78, 5) is 0. The van der Waals surface area contributed by atoms with Crippen molar-refractivity contribution in [1.29, 1.82) is 0 Å². The van der Waals surface area contributed by atoms with Crippen molar-refractivity contribution in [3.8, 4) is 0 Å². The lowest BCUT2D eigenvalue weighted by Gasteiger charge is -2.13. The Morgan fingerprint density at radius 2 is 2.10 bits per heavy atom. The second-order valence-corrected chi connectivity index (χ2v) is 4.86. The third-order valence-electron chi connectivity index (χ3n) is 3.38. The fourth-order valence-electron chi connectivity index (χ4n) is 2.17. The van der Waals surface area contributed by atoms with E-state index >= 15 is 0 Å². The molecule has 1 heterocycles. The molecule has 5 heteroatoms. The third-order valence-corrected chi connectivity index (χ3v) is 3.38. The van der Waals surface area contributed by atoms with E-state index in [-0.39, 0.29) is 12.6 Å². The van der Waals surface area contributed by atoms with Gasteiger partial charge in [-0.15, -0.1) is 0 Å². The maximum atomic E-state index is 13.5. The van der Waals surface area contributed by atoms with Crippen molar-refractivity contribution in [3.63, 3.8) is 0 Å². The van der Waals surface area contributed by atoms with E-state index in [1.807, 2.05) is 31.6 Å². The van der Waals surface area contributed by atoms with Gasteiger partial charge in [-0.05, 0) is 39.0 Å². The SMILES string of the molecule is CCn1cc(C(C)NCc2cc(F)ccc2F)c(C)n1. The first-order chi connectivity index (χ1) is 9.51. The van der Waals surface area contributed by atoms with Gasteiger partial charge in [-0.2, -0.15) is 5.10 Å². The zero-order valence-electron chi connectivity index (χ0n) is 12.0. The summed E-state index contributed by atoms with van der Waals surface area (Å²) in [7, 11) is 0. The Bertz CT molecular complexity index is 593. The van der Waals surface area contributed by atoms with Gasteiger partial charge in [0.25, 0.3) is 0 Å². The number of nitrogens with zero attached hydrogens (tertiary/aromatic N) is 2. The quantitative estimate of drug-likeness (QED) is 0.909. The van der Waals surface area contributed by atoms with E-state index in [0.29, 0.717) is 5.56 Å². The second kappa shape index (κ2) is 6.13. The molecular formula is C15H19F2N3. The number of rotatable bonds is 5. The van der Waals surface area contributed by atoms with Crippen LogP contribution in [0, 0.1) is 18.6 Å². The van der Waals surface area contributed by atoms with Crippen LogP contribution in [-0.4, -0.2) is 9.78 Å². The highest BCUT2D eigenvalue weighted by atomic mass is 19.1. The molecule has 0 saturated heterocycles. The molecule has 108 valence electrons. The van der Waals surface area contributed by atoms with Gasteiger partial charge in [-0.3, -0.25) is 4.68 Å². The van der Waals surface area contributed by atoms with E-state index in [1.54, 1.807) is 0 Å². The van der Waals surface area contributed by atoms with Crippen LogP contribution in [0.2, 0.25) is 0 Å². The Balaban J connectivity index is 2.06. The third kappa shape index (κ3) is 3.22. The number of aromatic nitrogens is 2. The molecule has 2 aromatic rings. The molecule has 1 unspecified atom stereocenters. The average Bonchev–Trinajstić information content (AvgIpc) is 2.81. The van der Waals surface area contributed by atoms with Crippen molar-refractivity contribution in [2.24, 2.45) is 0 Å². The minimum absolute atomic E-state index is 0.0259. The Morgan fingerprint density at radius 1 is 1.35 bits per heavy atom. The highest BCUT2D eigenvalue weighted by molar-refractivity contribution is 5.21. The van der Waals surface area contributed by atoms with Crippen LogP contribution < -0.4 is 5.32 Å². The number of aryl methyl sites for hydroxylation is 2. The summed E-state index contributed by atoms with van der Waals surface area (Å²) in [5.41, 5.74) is 2.35. The molecule has 0 fully saturated rings. The number of benzene rings is 1. The lowest BCUT2D eigenvalue weighted by atomic mass is 10.1. The Morgan fingerprint density at radius 3 is 2.75 bits per heavy atom. The van der Waals surface area contributed by atoms with E-state index in [4.69, 9.17) is 0 Å².